The molecular formula is C28H44N2O. The fourth-order valence-electron chi connectivity index (χ4n) is 2.76. The summed E-state index contributed by atoms with van der Waals surface area (Å²) in [6.07, 6.45) is 3.15. The van der Waals surface area contributed by atoms with E-state index in [1.807, 2.05) is 33.0 Å². The summed E-state index contributed by atoms with van der Waals surface area (Å²) in [7, 11) is 2.02. The molecule has 2 rings (SSSR count). The molecule has 2 aromatic rings. The van der Waals surface area contributed by atoms with Gasteiger partial charge < -0.3 is 0 Å². The Morgan fingerprint density at radius 2 is 1.39 bits per heavy atom. The molecule has 0 aliphatic heterocycles. The van der Waals surface area contributed by atoms with Gasteiger partial charge in [0.1, 0.15) is 5.71 Å². The second-order valence-corrected chi connectivity index (χ2v) is 8.80. The molecule has 0 aliphatic rings. The van der Waals surface area contributed by atoms with Gasteiger partial charge in [0.25, 0.3) is 0 Å². The van der Waals surface area contributed by atoms with Gasteiger partial charge >= 0.3 is 0 Å². The molecule has 0 amide bonds. The third kappa shape index (κ3) is 13.6. The van der Waals surface area contributed by atoms with E-state index < -0.39 is 0 Å². The molecule has 31 heavy (non-hydrogen) atoms. The van der Waals surface area contributed by atoms with Crippen LogP contribution in [0.5, 0.6) is 0 Å². The summed E-state index contributed by atoms with van der Waals surface area (Å²) in [6.45, 7) is 18.3. The summed E-state index contributed by atoms with van der Waals surface area (Å²) in [5, 5.41) is 0. The highest BCUT2D eigenvalue weighted by Crippen LogP contribution is 2.11. The van der Waals surface area contributed by atoms with Crippen molar-refractivity contribution in [2.75, 3.05) is 13.7 Å². The molecule has 0 aliphatic carbocycles. The van der Waals surface area contributed by atoms with E-state index in [1.54, 1.807) is 0 Å². The standard InChI is InChI=1S/C21H26N2O.C4H10.C3H8/c1-5-18-6-8-19(9-7-18)13-23(4)15-22-21(14-24)20-11-16(2)10-17(3)12-20;1-4(2)3;1-3-2/h6-12,14H,5,13,15H2,1-4H3;4H,1-3H3;3H2,1-2H3/b22-21+;;. The minimum Gasteiger partial charge on any atom is -0.296 e. The zero-order chi connectivity index (χ0) is 23.8. The third-order valence-corrected chi connectivity index (χ3v) is 4.00. The Balaban J connectivity index is 0.00000113. The maximum Gasteiger partial charge on any atom is 0.168 e. The fraction of sp³-hybridized carbons (Fsp3) is 0.500. The van der Waals surface area contributed by atoms with Crippen molar-refractivity contribution in [1.29, 1.82) is 0 Å². The quantitative estimate of drug-likeness (QED) is 0.353. The van der Waals surface area contributed by atoms with Gasteiger partial charge in [-0.15, -0.1) is 0 Å². The predicted molar refractivity (Wildman–Crippen MR) is 137 cm³/mol. The molecule has 0 spiro atoms. The van der Waals surface area contributed by atoms with Gasteiger partial charge in [0.05, 0.1) is 6.67 Å². The number of hydrogen-bond acceptors (Lipinski definition) is 3. The number of aliphatic imine (C=N–C) groups is 1. The normalized spacial score (nSPS) is 10.9. The molecule has 2 aromatic carbocycles. The maximum atomic E-state index is 11.4. The first-order chi connectivity index (χ1) is 14.7. The number of aryl methyl sites for hydroxylation is 3. The van der Waals surface area contributed by atoms with Crippen LogP contribution >= 0.6 is 0 Å². The first-order valence-electron chi connectivity index (χ1n) is 11.5. The maximum absolute atomic E-state index is 11.4. The molecular weight excluding hydrogens is 380 g/mol. The number of aldehydes is 1. The van der Waals surface area contributed by atoms with Crippen LogP contribution in [0.4, 0.5) is 0 Å². The van der Waals surface area contributed by atoms with E-state index in [2.05, 4.69) is 81.8 Å². The molecule has 0 heterocycles. The molecule has 0 N–H and O–H groups in total. The third-order valence-electron chi connectivity index (χ3n) is 4.00. The number of benzene rings is 2. The lowest BCUT2D eigenvalue weighted by atomic mass is 10.0. The van der Waals surface area contributed by atoms with Gasteiger partial charge in [-0.25, -0.2) is 0 Å². The highest BCUT2D eigenvalue weighted by molar-refractivity contribution is 6.36. The summed E-state index contributed by atoms with van der Waals surface area (Å²) in [5.41, 5.74) is 6.28. The van der Waals surface area contributed by atoms with E-state index in [0.29, 0.717) is 12.4 Å². The minimum absolute atomic E-state index is 0.497. The van der Waals surface area contributed by atoms with Crippen molar-refractivity contribution >= 4 is 12.0 Å². The van der Waals surface area contributed by atoms with Crippen LogP contribution in [0.1, 0.15) is 75.8 Å². The van der Waals surface area contributed by atoms with Gasteiger partial charge in [-0.2, -0.15) is 0 Å². The van der Waals surface area contributed by atoms with E-state index >= 15 is 0 Å². The van der Waals surface area contributed by atoms with Crippen LogP contribution in [-0.4, -0.2) is 30.6 Å². The van der Waals surface area contributed by atoms with Crippen LogP contribution in [0.3, 0.4) is 0 Å². The highest BCUT2D eigenvalue weighted by Gasteiger charge is 2.05. The van der Waals surface area contributed by atoms with Crippen LogP contribution < -0.4 is 0 Å². The number of rotatable bonds is 7. The van der Waals surface area contributed by atoms with E-state index in [4.69, 9.17) is 0 Å². The minimum atomic E-state index is 0.497. The van der Waals surface area contributed by atoms with Gasteiger partial charge in [-0.1, -0.05) is 89.4 Å². The topological polar surface area (TPSA) is 32.7 Å². The fourth-order valence-corrected chi connectivity index (χ4v) is 2.76. The zero-order valence-electron chi connectivity index (χ0n) is 21.3. The number of carbonyl (C=O) groups excluding carboxylic acids is 1. The van der Waals surface area contributed by atoms with Crippen LogP contribution in [0.2, 0.25) is 0 Å². The lowest BCUT2D eigenvalue weighted by Crippen LogP contribution is -2.19. The average Bonchev–Trinajstić information content (AvgIpc) is 2.68. The van der Waals surface area contributed by atoms with Crippen molar-refractivity contribution in [2.24, 2.45) is 10.9 Å². The Labute approximate surface area is 191 Å². The Bertz CT molecular complexity index is 753. The Morgan fingerprint density at radius 3 is 1.81 bits per heavy atom. The van der Waals surface area contributed by atoms with Crippen molar-refractivity contribution in [3.8, 4) is 0 Å². The summed E-state index contributed by atoms with van der Waals surface area (Å²) >= 11 is 0. The molecule has 0 aromatic heterocycles. The smallest absolute Gasteiger partial charge is 0.168 e. The SMILES string of the molecule is CC(C)C.CCC.CCc1ccc(CN(C)C/N=C(\C=O)c2cc(C)cc(C)c2)cc1. The van der Waals surface area contributed by atoms with E-state index in [0.717, 1.165) is 41.9 Å². The molecule has 0 radical (unpaired) electrons. The lowest BCUT2D eigenvalue weighted by Gasteiger charge is -2.15. The first kappa shape index (κ1) is 28.7. The van der Waals surface area contributed by atoms with Crippen LogP contribution in [-0.2, 0) is 17.8 Å². The Morgan fingerprint density at radius 1 is 0.935 bits per heavy atom. The lowest BCUT2D eigenvalue weighted by molar-refractivity contribution is -0.102. The number of carbonyl (C=O) groups is 1. The molecule has 172 valence electrons. The molecule has 0 saturated heterocycles. The highest BCUT2D eigenvalue weighted by atomic mass is 16.1. The van der Waals surface area contributed by atoms with E-state index in [1.165, 1.54) is 17.5 Å². The number of hydrogen-bond donors (Lipinski definition) is 0. The predicted octanol–water partition coefficient (Wildman–Crippen LogP) is 7.02. The van der Waals surface area contributed by atoms with Crippen molar-refractivity contribution in [3.63, 3.8) is 0 Å². The molecule has 0 bridgehead atoms. The van der Waals surface area contributed by atoms with Gasteiger partial charge in [0, 0.05) is 12.1 Å². The van der Waals surface area contributed by atoms with Gasteiger partial charge in [0.2, 0.25) is 0 Å². The summed E-state index contributed by atoms with van der Waals surface area (Å²) in [4.78, 5) is 18.0. The van der Waals surface area contributed by atoms with Crippen molar-refractivity contribution in [1.82, 2.24) is 4.90 Å². The van der Waals surface area contributed by atoms with E-state index in [9.17, 15) is 4.79 Å². The largest absolute Gasteiger partial charge is 0.296 e. The first-order valence-corrected chi connectivity index (χ1v) is 11.5. The van der Waals surface area contributed by atoms with E-state index in [-0.39, 0.29) is 0 Å². The molecule has 0 fully saturated rings. The molecule has 3 heteroatoms. The van der Waals surface area contributed by atoms with Crippen molar-refractivity contribution in [2.45, 2.75) is 74.8 Å². The summed E-state index contributed by atoms with van der Waals surface area (Å²) in [5.74, 6) is 0.833. The monoisotopic (exact) mass is 424 g/mol. The van der Waals surface area contributed by atoms with Crippen molar-refractivity contribution in [3.05, 3.63) is 70.3 Å². The Kier molecular flexibility index (Phi) is 15.2. The van der Waals surface area contributed by atoms with Crippen LogP contribution in [0.25, 0.3) is 0 Å². The van der Waals surface area contributed by atoms with Crippen LogP contribution in [0, 0.1) is 19.8 Å². The average molecular weight is 425 g/mol. The van der Waals surface area contributed by atoms with Crippen LogP contribution in [0.15, 0.2) is 47.5 Å². The molecule has 0 saturated carbocycles. The van der Waals surface area contributed by atoms with Gasteiger partial charge in [-0.05, 0) is 56.5 Å². The molecule has 0 unspecified atom stereocenters. The molecule has 3 nitrogen and oxygen atoms in total. The Hall–Kier alpha value is -2.26. The second-order valence-electron chi connectivity index (χ2n) is 8.80. The molecule has 0 atom stereocenters. The summed E-state index contributed by atoms with van der Waals surface area (Å²) < 4.78 is 0. The summed E-state index contributed by atoms with van der Waals surface area (Å²) in [6, 6.07) is 14.7. The number of nitrogens with zero attached hydrogens (tertiary/aromatic N) is 2. The zero-order valence-corrected chi connectivity index (χ0v) is 21.3. The van der Waals surface area contributed by atoms with Gasteiger partial charge in [0.15, 0.2) is 6.29 Å². The van der Waals surface area contributed by atoms with Gasteiger partial charge in [-0.3, -0.25) is 14.7 Å². The van der Waals surface area contributed by atoms with Crippen molar-refractivity contribution < 1.29 is 4.79 Å². The second kappa shape index (κ2) is 16.4.